The lowest BCUT2D eigenvalue weighted by Gasteiger charge is -2.11. The molecule has 0 aliphatic heterocycles. The number of imidazole rings is 1. The Morgan fingerprint density at radius 1 is 1.23 bits per heavy atom. The molecule has 1 aromatic carbocycles. The number of hydrogen-bond donors (Lipinski definition) is 3. The maximum absolute atomic E-state index is 13.4. The van der Waals surface area contributed by atoms with Gasteiger partial charge < -0.3 is 10.7 Å². The van der Waals surface area contributed by atoms with E-state index in [4.69, 9.17) is 5.84 Å². The van der Waals surface area contributed by atoms with Crippen LogP contribution in [-0.4, -0.2) is 19.5 Å². The van der Waals surface area contributed by atoms with Crippen molar-refractivity contribution in [2.75, 3.05) is 10.7 Å². The van der Waals surface area contributed by atoms with E-state index < -0.39 is 0 Å². The van der Waals surface area contributed by atoms with Gasteiger partial charge in [0, 0.05) is 24.1 Å². The molecular weight excluding hydrogens is 285 g/mol. The van der Waals surface area contributed by atoms with Crippen LogP contribution in [0.2, 0.25) is 0 Å². The molecule has 2 aromatic heterocycles. The minimum Gasteiger partial charge on any atom is -0.324 e. The Balaban J connectivity index is 1.99. The van der Waals surface area contributed by atoms with E-state index in [0.717, 1.165) is 5.56 Å². The molecule has 0 spiro atoms. The summed E-state index contributed by atoms with van der Waals surface area (Å²) in [5.41, 5.74) is 3.95. The maximum Gasteiger partial charge on any atom is 0.231 e. The third-order valence-electron chi connectivity index (χ3n) is 3.08. The van der Waals surface area contributed by atoms with Gasteiger partial charge in [-0.15, -0.1) is 0 Å². The number of hydrazine groups is 1. The SMILES string of the molecule is Cc1ccc(F)cc1Nc1nc(NN)cc(-n2ccnc2)n1. The highest BCUT2D eigenvalue weighted by molar-refractivity contribution is 5.60. The Hall–Kier alpha value is -3.00. The predicted octanol–water partition coefficient (Wildman–Crippen LogP) is 2.14. The normalized spacial score (nSPS) is 10.5. The van der Waals surface area contributed by atoms with E-state index >= 15 is 0 Å². The molecule has 0 aliphatic rings. The van der Waals surface area contributed by atoms with E-state index in [2.05, 4.69) is 25.7 Å². The highest BCUT2D eigenvalue weighted by atomic mass is 19.1. The van der Waals surface area contributed by atoms with Crippen molar-refractivity contribution >= 4 is 17.5 Å². The number of nitrogens with one attached hydrogen (secondary N) is 2. The molecule has 2 heterocycles. The van der Waals surface area contributed by atoms with Crippen LogP contribution in [-0.2, 0) is 0 Å². The topological polar surface area (TPSA) is 93.7 Å². The smallest absolute Gasteiger partial charge is 0.231 e. The molecule has 3 aromatic rings. The molecule has 0 radical (unpaired) electrons. The van der Waals surface area contributed by atoms with Crippen molar-refractivity contribution in [3.05, 3.63) is 54.4 Å². The molecule has 0 bridgehead atoms. The Labute approximate surface area is 126 Å². The molecule has 7 nitrogen and oxygen atoms in total. The van der Waals surface area contributed by atoms with Crippen LogP contribution in [0, 0.1) is 12.7 Å². The van der Waals surface area contributed by atoms with E-state index in [0.29, 0.717) is 23.3 Å². The Kier molecular flexibility index (Phi) is 3.67. The van der Waals surface area contributed by atoms with Crippen LogP contribution in [0.1, 0.15) is 5.56 Å². The third kappa shape index (κ3) is 2.86. The van der Waals surface area contributed by atoms with E-state index in [1.807, 2.05) is 6.92 Å². The number of anilines is 3. The summed E-state index contributed by atoms with van der Waals surface area (Å²) in [5, 5.41) is 3.00. The van der Waals surface area contributed by atoms with Crippen LogP contribution < -0.4 is 16.6 Å². The molecule has 0 saturated heterocycles. The van der Waals surface area contributed by atoms with Crippen LogP contribution in [0.3, 0.4) is 0 Å². The highest BCUT2D eigenvalue weighted by Crippen LogP contribution is 2.21. The quantitative estimate of drug-likeness (QED) is 0.505. The highest BCUT2D eigenvalue weighted by Gasteiger charge is 2.08. The van der Waals surface area contributed by atoms with Crippen molar-refractivity contribution in [2.45, 2.75) is 6.92 Å². The number of hydrogen-bond acceptors (Lipinski definition) is 6. The van der Waals surface area contributed by atoms with Gasteiger partial charge in [-0.25, -0.2) is 15.2 Å². The summed E-state index contributed by atoms with van der Waals surface area (Å²) in [6.45, 7) is 1.86. The summed E-state index contributed by atoms with van der Waals surface area (Å²) in [5.74, 6) is 6.40. The summed E-state index contributed by atoms with van der Waals surface area (Å²) in [4.78, 5) is 12.6. The average Bonchev–Trinajstić information content (AvgIpc) is 3.05. The van der Waals surface area contributed by atoms with Gasteiger partial charge in [-0.2, -0.15) is 9.97 Å². The Morgan fingerprint density at radius 3 is 2.82 bits per heavy atom. The molecule has 0 saturated carbocycles. The average molecular weight is 299 g/mol. The molecule has 4 N–H and O–H groups in total. The fourth-order valence-electron chi connectivity index (χ4n) is 1.94. The second-order valence-corrected chi connectivity index (χ2v) is 4.63. The first kappa shape index (κ1) is 14.0. The first-order chi connectivity index (χ1) is 10.7. The lowest BCUT2D eigenvalue weighted by molar-refractivity contribution is 0.628. The van der Waals surface area contributed by atoms with Gasteiger partial charge in [0.1, 0.15) is 23.8 Å². The number of halogens is 1. The number of benzene rings is 1. The summed E-state index contributed by atoms with van der Waals surface area (Å²) in [7, 11) is 0. The molecule has 0 fully saturated rings. The molecule has 0 amide bonds. The van der Waals surface area contributed by atoms with Gasteiger partial charge in [-0.1, -0.05) is 6.07 Å². The van der Waals surface area contributed by atoms with E-state index in [1.54, 1.807) is 35.4 Å². The number of nitrogens with zero attached hydrogens (tertiary/aromatic N) is 4. The summed E-state index contributed by atoms with van der Waals surface area (Å²) in [6.07, 6.45) is 5.00. The van der Waals surface area contributed by atoms with Gasteiger partial charge in [0.25, 0.3) is 0 Å². The molecule has 112 valence electrons. The molecule has 22 heavy (non-hydrogen) atoms. The van der Waals surface area contributed by atoms with Gasteiger partial charge in [-0.3, -0.25) is 4.57 Å². The third-order valence-corrected chi connectivity index (χ3v) is 3.08. The van der Waals surface area contributed by atoms with Crippen molar-refractivity contribution in [3.63, 3.8) is 0 Å². The van der Waals surface area contributed by atoms with Crippen molar-refractivity contribution in [1.29, 1.82) is 0 Å². The Morgan fingerprint density at radius 2 is 2.09 bits per heavy atom. The Bertz CT molecular complexity index is 786. The lowest BCUT2D eigenvalue weighted by atomic mass is 10.2. The van der Waals surface area contributed by atoms with Crippen molar-refractivity contribution in [3.8, 4) is 5.82 Å². The monoisotopic (exact) mass is 299 g/mol. The van der Waals surface area contributed by atoms with E-state index in [9.17, 15) is 4.39 Å². The molecule has 0 aliphatic carbocycles. The molecule has 0 atom stereocenters. The standard InChI is InChI=1S/C14H14FN7/c1-9-2-3-10(15)6-11(9)18-14-19-12(21-16)7-13(20-14)22-5-4-17-8-22/h2-8H,16H2,1H3,(H2,18,19,20,21). The van der Waals surface area contributed by atoms with Gasteiger partial charge >= 0.3 is 0 Å². The van der Waals surface area contributed by atoms with Crippen molar-refractivity contribution < 1.29 is 4.39 Å². The zero-order chi connectivity index (χ0) is 15.5. The zero-order valence-corrected chi connectivity index (χ0v) is 11.8. The fraction of sp³-hybridized carbons (Fsp3) is 0.0714. The maximum atomic E-state index is 13.4. The number of rotatable bonds is 4. The minimum atomic E-state index is -0.337. The lowest BCUT2D eigenvalue weighted by Crippen LogP contribution is -2.12. The first-order valence-electron chi connectivity index (χ1n) is 6.53. The van der Waals surface area contributed by atoms with E-state index in [1.165, 1.54) is 12.1 Å². The van der Waals surface area contributed by atoms with Crippen LogP contribution in [0.5, 0.6) is 0 Å². The van der Waals surface area contributed by atoms with Gasteiger partial charge in [0.05, 0.1) is 0 Å². The van der Waals surface area contributed by atoms with Gasteiger partial charge in [-0.05, 0) is 24.6 Å². The van der Waals surface area contributed by atoms with Crippen LogP contribution in [0.15, 0.2) is 43.0 Å². The number of aromatic nitrogens is 4. The number of nitrogen functional groups attached to an aromatic ring is 1. The largest absolute Gasteiger partial charge is 0.324 e. The van der Waals surface area contributed by atoms with Crippen molar-refractivity contribution in [1.82, 2.24) is 19.5 Å². The number of aryl methyl sites for hydroxylation is 1. The zero-order valence-electron chi connectivity index (χ0n) is 11.8. The van der Waals surface area contributed by atoms with Crippen molar-refractivity contribution in [2.24, 2.45) is 5.84 Å². The van der Waals surface area contributed by atoms with Crippen LogP contribution in [0.25, 0.3) is 5.82 Å². The molecule has 0 unspecified atom stereocenters. The molecular formula is C14H14FN7. The van der Waals surface area contributed by atoms with Gasteiger partial charge in [0.2, 0.25) is 5.95 Å². The summed E-state index contributed by atoms with van der Waals surface area (Å²) < 4.78 is 15.1. The fourth-order valence-corrected chi connectivity index (χ4v) is 1.94. The molecule has 8 heteroatoms. The summed E-state index contributed by atoms with van der Waals surface area (Å²) in [6, 6.07) is 6.14. The second kappa shape index (κ2) is 5.78. The van der Waals surface area contributed by atoms with Crippen LogP contribution in [0.4, 0.5) is 21.8 Å². The minimum absolute atomic E-state index is 0.299. The number of nitrogens with two attached hydrogens (primary N) is 1. The predicted molar refractivity (Wildman–Crippen MR) is 81.4 cm³/mol. The molecule has 3 rings (SSSR count). The summed E-state index contributed by atoms with van der Waals surface area (Å²) >= 11 is 0. The second-order valence-electron chi connectivity index (χ2n) is 4.63. The van der Waals surface area contributed by atoms with Gasteiger partial charge in [0.15, 0.2) is 0 Å². The first-order valence-corrected chi connectivity index (χ1v) is 6.53. The van der Waals surface area contributed by atoms with E-state index in [-0.39, 0.29) is 5.82 Å². The van der Waals surface area contributed by atoms with Crippen LogP contribution >= 0.6 is 0 Å².